The Hall–Kier alpha value is -0.980. The molecule has 4 heteroatoms. The molecule has 0 saturated heterocycles. The number of rotatable bonds is 2. The van der Waals surface area contributed by atoms with Crippen molar-refractivity contribution in [3.8, 4) is 11.8 Å². The highest BCUT2D eigenvalue weighted by molar-refractivity contribution is 9.10. The molecule has 0 saturated carbocycles. The summed E-state index contributed by atoms with van der Waals surface area (Å²) >= 11 is 9.04. The molecule has 1 aromatic carbocycles. The highest BCUT2D eigenvalue weighted by Crippen LogP contribution is 2.21. The number of benzene rings is 1. The van der Waals surface area contributed by atoms with E-state index in [4.69, 9.17) is 11.6 Å². The molecule has 0 bridgehead atoms. The van der Waals surface area contributed by atoms with Crippen molar-refractivity contribution in [2.24, 2.45) is 0 Å². The standard InChI is InChI=1S/C11H9BrClNO/c1-2-3-6-14-11(15)9-5-4-8(13)7-10(9)12/h4-5,7H,6H2,1H3,(H,14,15). The third-order valence-corrected chi connectivity index (χ3v) is 2.58. The summed E-state index contributed by atoms with van der Waals surface area (Å²) in [7, 11) is 0. The molecule has 1 amide bonds. The number of halogens is 2. The number of nitrogens with one attached hydrogen (secondary N) is 1. The predicted octanol–water partition coefficient (Wildman–Crippen LogP) is 2.86. The lowest BCUT2D eigenvalue weighted by atomic mass is 10.2. The van der Waals surface area contributed by atoms with Gasteiger partial charge in [0, 0.05) is 9.50 Å². The Balaban J connectivity index is 2.76. The molecular weight excluding hydrogens is 277 g/mol. The molecule has 1 rings (SSSR count). The van der Waals surface area contributed by atoms with Gasteiger partial charge in [0.2, 0.25) is 0 Å². The molecule has 0 atom stereocenters. The minimum Gasteiger partial charge on any atom is -0.341 e. The maximum atomic E-state index is 11.6. The highest BCUT2D eigenvalue weighted by Gasteiger charge is 2.08. The van der Waals surface area contributed by atoms with Gasteiger partial charge in [-0.2, -0.15) is 0 Å². The molecular formula is C11H9BrClNO. The summed E-state index contributed by atoms with van der Waals surface area (Å²) in [5.41, 5.74) is 0.553. The van der Waals surface area contributed by atoms with Gasteiger partial charge in [-0.3, -0.25) is 4.79 Å². The summed E-state index contributed by atoms with van der Waals surface area (Å²) in [6.45, 7) is 2.08. The number of carbonyl (C=O) groups excluding carboxylic acids is 1. The van der Waals surface area contributed by atoms with Gasteiger partial charge in [0.05, 0.1) is 12.1 Å². The van der Waals surface area contributed by atoms with Gasteiger partial charge >= 0.3 is 0 Å². The van der Waals surface area contributed by atoms with Gasteiger partial charge in [-0.25, -0.2) is 0 Å². The van der Waals surface area contributed by atoms with E-state index in [9.17, 15) is 4.79 Å². The predicted molar refractivity (Wildman–Crippen MR) is 64.9 cm³/mol. The van der Waals surface area contributed by atoms with Crippen molar-refractivity contribution in [2.45, 2.75) is 6.92 Å². The van der Waals surface area contributed by atoms with Crippen molar-refractivity contribution in [1.82, 2.24) is 5.32 Å². The summed E-state index contributed by atoms with van der Waals surface area (Å²) < 4.78 is 0.678. The fourth-order valence-corrected chi connectivity index (χ4v) is 1.84. The van der Waals surface area contributed by atoms with E-state index in [1.807, 2.05) is 0 Å². The first kappa shape index (κ1) is 12.1. The molecule has 15 heavy (non-hydrogen) atoms. The quantitative estimate of drug-likeness (QED) is 0.832. The van der Waals surface area contributed by atoms with Gasteiger partial charge in [0.25, 0.3) is 5.91 Å². The lowest BCUT2D eigenvalue weighted by Gasteiger charge is -2.04. The molecule has 1 aromatic rings. The molecule has 0 aromatic heterocycles. The Labute approximate surface area is 102 Å². The van der Waals surface area contributed by atoms with Crippen LogP contribution in [-0.2, 0) is 0 Å². The summed E-state index contributed by atoms with van der Waals surface area (Å²) in [5.74, 6) is 5.29. The van der Waals surface area contributed by atoms with E-state index in [1.165, 1.54) is 0 Å². The molecule has 1 N–H and O–H groups in total. The maximum absolute atomic E-state index is 11.6. The monoisotopic (exact) mass is 285 g/mol. The van der Waals surface area contributed by atoms with Crippen LogP contribution in [0.4, 0.5) is 0 Å². The Kier molecular flexibility index (Phi) is 4.67. The molecule has 2 nitrogen and oxygen atoms in total. The molecule has 0 aliphatic heterocycles. The first-order valence-corrected chi connectivity index (χ1v) is 5.45. The van der Waals surface area contributed by atoms with Crippen LogP contribution in [0.2, 0.25) is 5.02 Å². The van der Waals surface area contributed by atoms with Crippen molar-refractivity contribution >= 4 is 33.4 Å². The first-order chi connectivity index (χ1) is 7.15. The summed E-state index contributed by atoms with van der Waals surface area (Å²) in [5, 5.41) is 3.26. The highest BCUT2D eigenvalue weighted by atomic mass is 79.9. The van der Waals surface area contributed by atoms with Crippen molar-refractivity contribution in [1.29, 1.82) is 0 Å². The van der Waals surface area contributed by atoms with Crippen LogP contribution in [0.5, 0.6) is 0 Å². The van der Waals surface area contributed by atoms with Crippen molar-refractivity contribution in [2.75, 3.05) is 6.54 Å². The van der Waals surface area contributed by atoms with Crippen molar-refractivity contribution < 1.29 is 4.79 Å². The second-order valence-corrected chi connectivity index (χ2v) is 4.02. The van der Waals surface area contributed by atoms with Crippen LogP contribution in [0.3, 0.4) is 0 Å². The molecule has 0 fully saturated rings. The number of amides is 1. The van der Waals surface area contributed by atoms with E-state index in [0.29, 0.717) is 21.6 Å². The zero-order valence-electron chi connectivity index (χ0n) is 8.10. The number of hydrogen-bond acceptors (Lipinski definition) is 1. The average Bonchev–Trinajstić information content (AvgIpc) is 2.17. The molecule has 0 radical (unpaired) electrons. The average molecular weight is 287 g/mol. The van der Waals surface area contributed by atoms with Crippen LogP contribution in [0.1, 0.15) is 17.3 Å². The fraction of sp³-hybridized carbons (Fsp3) is 0.182. The normalized spacial score (nSPS) is 9.00. The summed E-state index contributed by atoms with van der Waals surface area (Å²) in [4.78, 5) is 11.6. The molecule has 78 valence electrons. The van der Waals surface area contributed by atoms with E-state index in [2.05, 4.69) is 33.1 Å². The van der Waals surface area contributed by atoms with Crippen LogP contribution in [0.25, 0.3) is 0 Å². The van der Waals surface area contributed by atoms with E-state index in [-0.39, 0.29) is 5.91 Å². The maximum Gasteiger partial charge on any atom is 0.253 e. The van der Waals surface area contributed by atoms with E-state index < -0.39 is 0 Å². The Bertz CT molecular complexity index is 434. The minimum atomic E-state index is -0.165. The van der Waals surface area contributed by atoms with Crippen LogP contribution >= 0.6 is 27.5 Å². The SMILES string of the molecule is CC#CCNC(=O)c1ccc(Cl)cc1Br. The van der Waals surface area contributed by atoms with Gasteiger partial charge in [0.15, 0.2) is 0 Å². The van der Waals surface area contributed by atoms with E-state index >= 15 is 0 Å². The lowest BCUT2D eigenvalue weighted by Crippen LogP contribution is -2.23. The largest absolute Gasteiger partial charge is 0.341 e. The zero-order valence-corrected chi connectivity index (χ0v) is 10.4. The second-order valence-electron chi connectivity index (χ2n) is 2.73. The Morgan fingerprint density at radius 1 is 1.60 bits per heavy atom. The molecule has 0 aliphatic rings. The third kappa shape index (κ3) is 3.58. The fourth-order valence-electron chi connectivity index (χ4n) is 0.982. The van der Waals surface area contributed by atoms with Crippen LogP contribution in [0.15, 0.2) is 22.7 Å². The van der Waals surface area contributed by atoms with Crippen molar-refractivity contribution in [3.63, 3.8) is 0 Å². The van der Waals surface area contributed by atoms with Gasteiger partial charge < -0.3 is 5.32 Å². The molecule has 0 unspecified atom stereocenters. The number of carbonyl (C=O) groups is 1. The van der Waals surface area contributed by atoms with Gasteiger partial charge in [-0.15, -0.1) is 5.92 Å². The van der Waals surface area contributed by atoms with Gasteiger partial charge in [-0.1, -0.05) is 17.5 Å². The lowest BCUT2D eigenvalue weighted by molar-refractivity contribution is 0.0958. The minimum absolute atomic E-state index is 0.165. The van der Waals surface area contributed by atoms with Crippen molar-refractivity contribution in [3.05, 3.63) is 33.3 Å². The first-order valence-electron chi connectivity index (χ1n) is 4.28. The molecule has 0 spiro atoms. The van der Waals surface area contributed by atoms with E-state index in [0.717, 1.165) is 0 Å². The molecule has 0 aliphatic carbocycles. The topological polar surface area (TPSA) is 29.1 Å². The number of hydrogen-bond donors (Lipinski definition) is 1. The Morgan fingerprint density at radius 2 is 2.33 bits per heavy atom. The zero-order chi connectivity index (χ0) is 11.3. The van der Waals surface area contributed by atoms with Gasteiger partial charge in [-0.05, 0) is 41.1 Å². The summed E-state index contributed by atoms with van der Waals surface area (Å²) in [6, 6.07) is 5.02. The van der Waals surface area contributed by atoms with E-state index in [1.54, 1.807) is 25.1 Å². The van der Waals surface area contributed by atoms with Gasteiger partial charge in [0.1, 0.15) is 0 Å². The second kappa shape index (κ2) is 5.79. The third-order valence-electron chi connectivity index (χ3n) is 1.69. The van der Waals surface area contributed by atoms with Crippen LogP contribution in [-0.4, -0.2) is 12.5 Å². The summed E-state index contributed by atoms with van der Waals surface area (Å²) in [6.07, 6.45) is 0. The van der Waals surface area contributed by atoms with Crippen LogP contribution in [0, 0.1) is 11.8 Å². The van der Waals surface area contributed by atoms with Crippen LogP contribution < -0.4 is 5.32 Å². The Morgan fingerprint density at radius 3 is 2.93 bits per heavy atom. The molecule has 0 heterocycles. The smallest absolute Gasteiger partial charge is 0.253 e.